The van der Waals surface area contributed by atoms with Crippen LogP contribution in [0.25, 0.3) is 22.0 Å². The van der Waals surface area contributed by atoms with Crippen LogP contribution in [0.1, 0.15) is 12.0 Å². The Labute approximate surface area is 183 Å². The maximum absolute atomic E-state index is 14.2. The maximum Gasteiger partial charge on any atom is 0.303 e. The number of benzene rings is 3. The van der Waals surface area contributed by atoms with Crippen LogP contribution in [0.3, 0.4) is 0 Å². The Kier molecular flexibility index (Phi) is 5.56. The van der Waals surface area contributed by atoms with E-state index in [0.717, 1.165) is 3.97 Å². The molecular weight excluding hydrogens is 441 g/mol. The summed E-state index contributed by atoms with van der Waals surface area (Å²) in [6.45, 7) is 0. The molecule has 0 aliphatic heterocycles. The van der Waals surface area contributed by atoms with Gasteiger partial charge >= 0.3 is 5.97 Å². The van der Waals surface area contributed by atoms with E-state index in [9.17, 15) is 17.6 Å². The Bertz CT molecular complexity index is 1410. The number of carboxylic acid groups (broad SMARTS) is 1. The Morgan fingerprint density at radius 3 is 2.55 bits per heavy atom. The van der Waals surface area contributed by atoms with Gasteiger partial charge in [-0.3, -0.25) is 4.79 Å². The number of rotatable bonds is 6. The molecule has 0 fully saturated rings. The third-order valence-corrected chi connectivity index (χ3v) is 6.90. The zero-order valence-corrected chi connectivity index (χ0v) is 17.7. The molecule has 158 valence electrons. The number of aryl methyl sites for hydroxylation is 1. The van der Waals surface area contributed by atoms with Crippen LogP contribution in [-0.2, 0) is 21.2 Å². The largest absolute Gasteiger partial charge is 0.481 e. The standard InChI is InChI=1S/C23H17ClFNO4S/c24-17-9-10-22-20(13-17)16(8-11-23(27)28)14-26(22)31(29,30)18-5-3-4-15(12-18)19-6-1-2-7-21(19)25/h1-7,9-10,12-14H,8,11H2,(H,27,28). The second-order valence-corrected chi connectivity index (χ2v) is 9.27. The first kappa shape index (κ1) is 21.1. The van der Waals surface area contributed by atoms with E-state index in [0.29, 0.717) is 32.6 Å². The lowest BCUT2D eigenvalue weighted by Crippen LogP contribution is -2.12. The van der Waals surface area contributed by atoms with Crippen LogP contribution in [0.4, 0.5) is 4.39 Å². The van der Waals surface area contributed by atoms with Gasteiger partial charge in [0, 0.05) is 28.6 Å². The zero-order valence-electron chi connectivity index (χ0n) is 16.1. The van der Waals surface area contributed by atoms with Gasteiger partial charge in [-0.25, -0.2) is 16.8 Å². The number of nitrogens with zero attached hydrogens (tertiary/aromatic N) is 1. The quantitative estimate of drug-likeness (QED) is 0.423. The molecule has 5 nitrogen and oxygen atoms in total. The fourth-order valence-corrected chi connectivity index (χ4v) is 5.12. The summed E-state index contributed by atoms with van der Waals surface area (Å²) in [5.74, 6) is -1.43. The second kappa shape index (κ2) is 8.17. The van der Waals surface area contributed by atoms with E-state index in [1.54, 1.807) is 48.5 Å². The van der Waals surface area contributed by atoms with Gasteiger partial charge in [0.1, 0.15) is 5.82 Å². The number of aromatic nitrogens is 1. The number of carboxylic acids is 1. The van der Waals surface area contributed by atoms with Crippen molar-refractivity contribution in [3.8, 4) is 11.1 Å². The first-order chi connectivity index (χ1) is 14.8. The lowest BCUT2D eigenvalue weighted by molar-refractivity contribution is -0.136. The number of fused-ring (bicyclic) bond motifs is 1. The molecule has 4 aromatic rings. The van der Waals surface area contributed by atoms with E-state index in [4.69, 9.17) is 16.7 Å². The van der Waals surface area contributed by atoms with Crippen LogP contribution in [0.5, 0.6) is 0 Å². The third kappa shape index (κ3) is 4.06. The molecule has 0 spiro atoms. The summed E-state index contributed by atoms with van der Waals surface area (Å²) in [5.41, 5.74) is 1.69. The maximum atomic E-state index is 14.2. The van der Waals surface area contributed by atoms with E-state index < -0.39 is 21.8 Å². The summed E-state index contributed by atoms with van der Waals surface area (Å²) in [4.78, 5) is 11.0. The fourth-order valence-electron chi connectivity index (χ4n) is 3.51. The van der Waals surface area contributed by atoms with Crippen molar-refractivity contribution in [2.45, 2.75) is 17.7 Å². The monoisotopic (exact) mass is 457 g/mol. The Morgan fingerprint density at radius 2 is 1.81 bits per heavy atom. The molecule has 0 atom stereocenters. The minimum atomic E-state index is -4.04. The normalized spacial score (nSPS) is 11.7. The Morgan fingerprint density at radius 1 is 1.03 bits per heavy atom. The van der Waals surface area contributed by atoms with E-state index >= 15 is 0 Å². The van der Waals surface area contributed by atoms with Crippen LogP contribution in [0, 0.1) is 5.82 Å². The van der Waals surface area contributed by atoms with Gasteiger partial charge in [0.25, 0.3) is 10.0 Å². The van der Waals surface area contributed by atoms with Crippen molar-refractivity contribution in [1.29, 1.82) is 0 Å². The van der Waals surface area contributed by atoms with Crippen molar-refractivity contribution in [2.75, 3.05) is 0 Å². The van der Waals surface area contributed by atoms with Gasteiger partial charge < -0.3 is 5.11 Å². The first-order valence-electron chi connectivity index (χ1n) is 9.39. The van der Waals surface area contributed by atoms with Crippen molar-refractivity contribution in [2.24, 2.45) is 0 Å². The average Bonchev–Trinajstić information content (AvgIpc) is 3.11. The summed E-state index contributed by atoms with van der Waals surface area (Å²) in [5, 5.41) is 10.0. The minimum absolute atomic E-state index is 0.00936. The van der Waals surface area contributed by atoms with Crippen molar-refractivity contribution in [1.82, 2.24) is 3.97 Å². The smallest absolute Gasteiger partial charge is 0.303 e. The molecule has 1 aromatic heterocycles. The lowest BCUT2D eigenvalue weighted by Gasteiger charge is -2.10. The van der Waals surface area contributed by atoms with Crippen LogP contribution in [0.15, 0.2) is 77.8 Å². The SMILES string of the molecule is O=C(O)CCc1cn(S(=O)(=O)c2cccc(-c3ccccc3F)c2)c2ccc(Cl)cc12. The molecule has 0 unspecified atom stereocenters. The molecule has 4 rings (SSSR count). The van der Waals surface area contributed by atoms with Crippen LogP contribution >= 0.6 is 11.6 Å². The molecule has 0 aliphatic carbocycles. The summed E-state index contributed by atoms with van der Waals surface area (Å²) < 4.78 is 42.3. The molecule has 1 heterocycles. The van der Waals surface area contributed by atoms with Crippen molar-refractivity contribution in [3.63, 3.8) is 0 Å². The van der Waals surface area contributed by atoms with Gasteiger partial charge in [-0.05, 0) is 53.9 Å². The highest BCUT2D eigenvalue weighted by atomic mass is 35.5. The average molecular weight is 458 g/mol. The molecule has 1 N–H and O–H groups in total. The molecule has 0 bridgehead atoms. The van der Waals surface area contributed by atoms with E-state index in [1.165, 1.54) is 24.4 Å². The van der Waals surface area contributed by atoms with Gasteiger partial charge in [-0.2, -0.15) is 0 Å². The van der Waals surface area contributed by atoms with E-state index in [-0.39, 0.29) is 17.7 Å². The molecule has 0 saturated heterocycles. The predicted molar refractivity (Wildman–Crippen MR) is 117 cm³/mol. The summed E-state index contributed by atoms with van der Waals surface area (Å²) in [6.07, 6.45) is 1.44. The summed E-state index contributed by atoms with van der Waals surface area (Å²) in [7, 11) is -4.04. The summed E-state index contributed by atoms with van der Waals surface area (Å²) >= 11 is 6.09. The molecule has 0 aliphatic rings. The number of hydrogen-bond donors (Lipinski definition) is 1. The number of aliphatic carboxylic acids is 1. The molecule has 0 amide bonds. The van der Waals surface area contributed by atoms with E-state index in [2.05, 4.69) is 0 Å². The van der Waals surface area contributed by atoms with Gasteiger partial charge in [-0.15, -0.1) is 0 Å². The van der Waals surface area contributed by atoms with Gasteiger partial charge in [0.05, 0.1) is 10.4 Å². The van der Waals surface area contributed by atoms with Gasteiger partial charge in [-0.1, -0.05) is 41.9 Å². The third-order valence-electron chi connectivity index (χ3n) is 5.00. The zero-order chi connectivity index (χ0) is 22.2. The molecule has 31 heavy (non-hydrogen) atoms. The molecule has 0 saturated carbocycles. The molecule has 8 heteroatoms. The van der Waals surface area contributed by atoms with Crippen molar-refractivity contribution >= 4 is 38.5 Å². The molecule has 0 radical (unpaired) electrons. The minimum Gasteiger partial charge on any atom is -0.481 e. The predicted octanol–water partition coefficient (Wildman–Crippen LogP) is 5.36. The number of halogens is 2. The lowest BCUT2D eigenvalue weighted by atomic mass is 10.1. The molecular formula is C23H17ClFNO4S. The van der Waals surface area contributed by atoms with Crippen LogP contribution < -0.4 is 0 Å². The highest BCUT2D eigenvalue weighted by Gasteiger charge is 2.22. The topological polar surface area (TPSA) is 76.4 Å². The second-order valence-electron chi connectivity index (χ2n) is 7.02. The Hall–Kier alpha value is -3.16. The van der Waals surface area contributed by atoms with Crippen LogP contribution in [0.2, 0.25) is 5.02 Å². The highest BCUT2D eigenvalue weighted by Crippen LogP contribution is 2.31. The fraction of sp³-hybridized carbons (Fsp3) is 0.0870. The van der Waals surface area contributed by atoms with Gasteiger partial charge in [0.15, 0.2) is 0 Å². The van der Waals surface area contributed by atoms with E-state index in [1.807, 2.05) is 0 Å². The number of hydrogen-bond acceptors (Lipinski definition) is 3. The van der Waals surface area contributed by atoms with Crippen LogP contribution in [-0.4, -0.2) is 23.5 Å². The summed E-state index contributed by atoms with van der Waals surface area (Å²) in [6, 6.07) is 17.0. The van der Waals surface area contributed by atoms with Crippen molar-refractivity contribution in [3.05, 3.63) is 89.3 Å². The number of carbonyl (C=O) groups is 1. The Balaban J connectivity index is 1.85. The first-order valence-corrected chi connectivity index (χ1v) is 11.2. The molecule has 3 aromatic carbocycles. The van der Waals surface area contributed by atoms with Crippen molar-refractivity contribution < 1.29 is 22.7 Å². The van der Waals surface area contributed by atoms with Gasteiger partial charge in [0.2, 0.25) is 0 Å². The highest BCUT2D eigenvalue weighted by molar-refractivity contribution is 7.90.